The standard InChI is InChI=1S/C21H27N3O/c25-20(22-18-11-12-18)15-24-14-13-19(23-24)21(16-7-3-1-4-8-16)17-9-5-2-6-10-17/h1,3-4,7-8,13-14,17-18,21H,2,5-6,9-12,15H2,(H,22,25). The van der Waals surface area contributed by atoms with Crippen molar-refractivity contribution in [2.75, 3.05) is 0 Å². The summed E-state index contributed by atoms with van der Waals surface area (Å²) in [7, 11) is 0. The smallest absolute Gasteiger partial charge is 0.241 e. The lowest BCUT2D eigenvalue weighted by atomic mass is 9.75. The van der Waals surface area contributed by atoms with E-state index in [1.807, 2.05) is 6.20 Å². The van der Waals surface area contributed by atoms with E-state index in [-0.39, 0.29) is 5.91 Å². The highest BCUT2D eigenvalue weighted by Crippen LogP contribution is 2.39. The fourth-order valence-corrected chi connectivity index (χ4v) is 4.09. The van der Waals surface area contributed by atoms with Gasteiger partial charge >= 0.3 is 0 Å². The Labute approximate surface area is 149 Å². The molecule has 2 aliphatic rings. The maximum absolute atomic E-state index is 12.0. The van der Waals surface area contributed by atoms with E-state index in [2.05, 4.69) is 41.7 Å². The fraction of sp³-hybridized carbons (Fsp3) is 0.524. The monoisotopic (exact) mass is 337 g/mol. The highest BCUT2D eigenvalue weighted by Gasteiger charge is 2.28. The summed E-state index contributed by atoms with van der Waals surface area (Å²) >= 11 is 0. The van der Waals surface area contributed by atoms with E-state index in [1.54, 1.807) is 4.68 Å². The molecule has 4 rings (SSSR count). The van der Waals surface area contributed by atoms with Crippen LogP contribution in [0.5, 0.6) is 0 Å². The van der Waals surface area contributed by atoms with Crippen LogP contribution < -0.4 is 5.32 Å². The topological polar surface area (TPSA) is 46.9 Å². The highest BCUT2D eigenvalue weighted by atomic mass is 16.2. The first kappa shape index (κ1) is 16.4. The zero-order valence-corrected chi connectivity index (χ0v) is 14.7. The SMILES string of the molecule is O=C(Cn1ccc(C(c2ccccc2)C2CCCCC2)n1)NC1CC1. The van der Waals surface area contributed by atoms with Crippen molar-refractivity contribution in [2.24, 2.45) is 5.92 Å². The first-order valence-electron chi connectivity index (χ1n) is 9.67. The summed E-state index contributed by atoms with van der Waals surface area (Å²) in [4.78, 5) is 12.0. The molecular formula is C21H27N3O. The maximum Gasteiger partial charge on any atom is 0.241 e. The van der Waals surface area contributed by atoms with Crippen molar-refractivity contribution >= 4 is 5.91 Å². The molecule has 1 amide bonds. The molecule has 2 aromatic rings. The van der Waals surface area contributed by atoms with Crippen LogP contribution in [0.4, 0.5) is 0 Å². The molecule has 1 aromatic heterocycles. The van der Waals surface area contributed by atoms with Gasteiger partial charge in [0.2, 0.25) is 5.91 Å². The van der Waals surface area contributed by atoms with E-state index in [0.717, 1.165) is 18.5 Å². The molecular weight excluding hydrogens is 310 g/mol. The van der Waals surface area contributed by atoms with Crippen molar-refractivity contribution in [1.29, 1.82) is 0 Å². The molecule has 2 aliphatic carbocycles. The van der Waals surface area contributed by atoms with E-state index in [1.165, 1.54) is 37.7 Å². The molecule has 2 fully saturated rings. The predicted octanol–water partition coefficient (Wildman–Crippen LogP) is 3.87. The Kier molecular flexibility index (Phi) is 4.86. The normalized spacial score (nSPS) is 19.5. The van der Waals surface area contributed by atoms with Crippen molar-refractivity contribution in [3.63, 3.8) is 0 Å². The number of hydrogen-bond donors (Lipinski definition) is 1. The Balaban J connectivity index is 1.53. The molecule has 0 radical (unpaired) electrons. The molecule has 0 spiro atoms. The number of rotatable bonds is 6. The van der Waals surface area contributed by atoms with Crippen molar-refractivity contribution < 1.29 is 4.79 Å². The lowest BCUT2D eigenvalue weighted by Crippen LogP contribution is -2.29. The van der Waals surface area contributed by atoms with Crippen molar-refractivity contribution in [3.05, 3.63) is 53.9 Å². The van der Waals surface area contributed by atoms with Crippen LogP contribution in [0.25, 0.3) is 0 Å². The minimum absolute atomic E-state index is 0.0751. The predicted molar refractivity (Wildman–Crippen MR) is 98.3 cm³/mol. The molecule has 1 atom stereocenters. The summed E-state index contributed by atoms with van der Waals surface area (Å²) < 4.78 is 1.80. The second kappa shape index (κ2) is 7.42. The minimum atomic E-state index is 0.0751. The second-order valence-corrected chi connectivity index (χ2v) is 7.57. The first-order valence-corrected chi connectivity index (χ1v) is 9.67. The zero-order chi connectivity index (χ0) is 17.1. The van der Waals surface area contributed by atoms with Gasteiger partial charge in [0.05, 0.1) is 5.69 Å². The van der Waals surface area contributed by atoms with Crippen LogP contribution in [-0.4, -0.2) is 21.7 Å². The summed E-state index contributed by atoms with van der Waals surface area (Å²) in [6.45, 7) is 0.322. The highest BCUT2D eigenvalue weighted by molar-refractivity contribution is 5.76. The number of carbonyl (C=O) groups is 1. The average Bonchev–Trinajstić information content (AvgIpc) is 3.34. The molecule has 0 saturated heterocycles. The van der Waals surface area contributed by atoms with Gasteiger partial charge in [0.15, 0.2) is 0 Å². The van der Waals surface area contributed by atoms with Gasteiger partial charge in [-0.05, 0) is 43.2 Å². The third-order valence-corrected chi connectivity index (χ3v) is 5.51. The number of amides is 1. The molecule has 0 bridgehead atoms. The Morgan fingerprint density at radius 1 is 1.08 bits per heavy atom. The van der Waals surface area contributed by atoms with Crippen LogP contribution >= 0.6 is 0 Å². The number of benzene rings is 1. The third kappa shape index (κ3) is 4.12. The molecule has 2 saturated carbocycles. The molecule has 1 unspecified atom stereocenters. The Hall–Kier alpha value is -2.10. The van der Waals surface area contributed by atoms with E-state index in [9.17, 15) is 4.79 Å². The summed E-state index contributed by atoms with van der Waals surface area (Å²) in [6, 6.07) is 13.3. The van der Waals surface area contributed by atoms with Gasteiger partial charge in [0.25, 0.3) is 0 Å². The van der Waals surface area contributed by atoms with E-state index in [0.29, 0.717) is 24.4 Å². The molecule has 1 aromatic carbocycles. The molecule has 4 heteroatoms. The van der Waals surface area contributed by atoms with E-state index in [4.69, 9.17) is 5.10 Å². The quantitative estimate of drug-likeness (QED) is 0.870. The zero-order valence-electron chi connectivity index (χ0n) is 14.7. The van der Waals surface area contributed by atoms with Gasteiger partial charge in [-0.15, -0.1) is 0 Å². The molecule has 1 heterocycles. The maximum atomic E-state index is 12.0. The van der Waals surface area contributed by atoms with Gasteiger partial charge in [-0.2, -0.15) is 5.10 Å². The van der Waals surface area contributed by atoms with Crippen LogP contribution in [0, 0.1) is 5.92 Å². The fourth-order valence-electron chi connectivity index (χ4n) is 4.09. The van der Waals surface area contributed by atoms with Crippen molar-refractivity contribution in [3.8, 4) is 0 Å². The second-order valence-electron chi connectivity index (χ2n) is 7.57. The van der Waals surface area contributed by atoms with Crippen LogP contribution in [0.2, 0.25) is 0 Å². The first-order chi connectivity index (χ1) is 12.3. The minimum Gasteiger partial charge on any atom is -0.352 e. The van der Waals surface area contributed by atoms with E-state index < -0.39 is 0 Å². The number of aromatic nitrogens is 2. The van der Waals surface area contributed by atoms with Gasteiger partial charge in [0, 0.05) is 18.2 Å². The van der Waals surface area contributed by atoms with Gasteiger partial charge in [-0.3, -0.25) is 9.48 Å². The summed E-state index contributed by atoms with van der Waals surface area (Å²) in [5, 5.41) is 7.82. The summed E-state index contributed by atoms with van der Waals surface area (Å²) in [5.41, 5.74) is 2.46. The van der Waals surface area contributed by atoms with Gasteiger partial charge < -0.3 is 5.32 Å². The van der Waals surface area contributed by atoms with Crippen LogP contribution in [0.3, 0.4) is 0 Å². The summed E-state index contributed by atoms with van der Waals surface area (Å²) in [6.07, 6.45) is 10.7. The van der Waals surface area contributed by atoms with Gasteiger partial charge in [0.1, 0.15) is 6.54 Å². The van der Waals surface area contributed by atoms with Crippen molar-refractivity contribution in [2.45, 2.75) is 63.5 Å². The molecule has 25 heavy (non-hydrogen) atoms. The van der Waals surface area contributed by atoms with Crippen LogP contribution in [0.15, 0.2) is 42.6 Å². The third-order valence-electron chi connectivity index (χ3n) is 5.51. The van der Waals surface area contributed by atoms with Crippen molar-refractivity contribution in [1.82, 2.24) is 15.1 Å². The summed E-state index contributed by atoms with van der Waals surface area (Å²) in [5.74, 6) is 1.07. The molecule has 1 N–H and O–H groups in total. The van der Waals surface area contributed by atoms with Gasteiger partial charge in [-0.1, -0.05) is 49.6 Å². The lowest BCUT2D eigenvalue weighted by molar-refractivity contribution is -0.122. The lowest BCUT2D eigenvalue weighted by Gasteiger charge is -2.29. The molecule has 132 valence electrons. The molecule has 0 aliphatic heterocycles. The average molecular weight is 337 g/mol. The number of nitrogens with one attached hydrogen (secondary N) is 1. The molecule has 4 nitrogen and oxygen atoms in total. The number of hydrogen-bond acceptors (Lipinski definition) is 2. The Morgan fingerprint density at radius 3 is 2.56 bits per heavy atom. The van der Waals surface area contributed by atoms with Crippen LogP contribution in [0.1, 0.15) is 62.1 Å². The van der Waals surface area contributed by atoms with Gasteiger partial charge in [-0.25, -0.2) is 0 Å². The number of carbonyl (C=O) groups excluding carboxylic acids is 1. The Bertz CT molecular complexity index is 699. The van der Waals surface area contributed by atoms with E-state index >= 15 is 0 Å². The van der Waals surface area contributed by atoms with Crippen LogP contribution in [-0.2, 0) is 11.3 Å². The number of nitrogens with zero attached hydrogens (tertiary/aromatic N) is 2. The largest absolute Gasteiger partial charge is 0.352 e. The Morgan fingerprint density at radius 2 is 1.84 bits per heavy atom.